The Labute approximate surface area is 159 Å². The number of rotatable bonds is 5. The van der Waals surface area contributed by atoms with Gasteiger partial charge in [-0.2, -0.15) is 18.3 Å². The van der Waals surface area contributed by atoms with Crippen molar-refractivity contribution in [1.29, 1.82) is 0 Å². The maximum Gasteiger partial charge on any atom is 0.433 e. The van der Waals surface area contributed by atoms with Crippen molar-refractivity contribution in [1.82, 2.24) is 24.6 Å². The van der Waals surface area contributed by atoms with Gasteiger partial charge in [0.2, 0.25) is 0 Å². The Bertz CT molecular complexity index is 1020. The van der Waals surface area contributed by atoms with Gasteiger partial charge in [-0.25, -0.2) is 4.98 Å². The predicted molar refractivity (Wildman–Crippen MR) is 98.4 cm³/mol. The number of halogens is 3. The Morgan fingerprint density at radius 3 is 2.36 bits per heavy atom. The van der Waals surface area contributed by atoms with Crippen LogP contribution in [0.1, 0.15) is 22.4 Å². The van der Waals surface area contributed by atoms with Crippen LogP contribution in [0.5, 0.6) is 0 Å². The van der Waals surface area contributed by atoms with Crippen LogP contribution in [-0.2, 0) is 26.3 Å². The fraction of sp³-hybridized carbons (Fsp3) is 0.316. The van der Waals surface area contributed by atoms with Crippen molar-refractivity contribution < 1.29 is 13.2 Å². The number of alkyl halides is 3. The summed E-state index contributed by atoms with van der Waals surface area (Å²) < 4.78 is 41.0. The molecule has 28 heavy (non-hydrogen) atoms. The highest BCUT2D eigenvalue weighted by Gasteiger charge is 2.36. The lowest BCUT2D eigenvalue weighted by Crippen LogP contribution is -2.21. The van der Waals surface area contributed by atoms with Gasteiger partial charge in [-0.3, -0.25) is 14.4 Å². The van der Waals surface area contributed by atoms with E-state index in [4.69, 9.17) is 0 Å². The minimum absolute atomic E-state index is 0.0989. The third kappa shape index (κ3) is 4.48. The van der Waals surface area contributed by atoms with E-state index in [1.807, 2.05) is 32.4 Å². The number of aryl methyl sites for hydroxylation is 1. The molecule has 3 aromatic rings. The van der Waals surface area contributed by atoms with Crippen LogP contribution in [0.4, 0.5) is 13.2 Å². The Kier molecular flexibility index (Phi) is 5.37. The van der Waals surface area contributed by atoms with E-state index in [2.05, 4.69) is 20.0 Å². The molecule has 0 unspecified atom stereocenters. The monoisotopic (exact) mass is 391 g/mol. The number of H-pyrrole nitrogens is 1. The standard InChI is InChI=1S/C19H20F3N5O/c1-12-16(19(20,21)22)24-17(25-18(12)28)15-6-4-13(5-7-15)9-26(2)10-14-8-23-27(3)11-14/h4-8,11H,9-10H2,1-3H3,(H,24,25,28). The van der Waals surface area contributed by atoms with Crippen LogP contribution in [0.2, 0.25) is 0 Å². The lowest BCUT2D eigenvalue weighted by molar-refractivity contribution is -0.141. The predicted octanol–water partition coefficient (Wildman–Crippen LogP) is 3.13. The van der Waals surface area contributed by atoms with Crippen LogP contribution in [0, 0.1) is 6.92 Å². The van der Waals surface area contributed by atoms with E-state index >= 15 is 0 Å². The Hall–Kier alpha value is -2.94. The summed E-state index contributed by atoms with van der Waals surface area (Å²) in [6, 6.07) is 6.92. The van der Waals surface area contributed by atoms with Crippen LogP contribution in [0.25, 0.3) is 11.4 Å². The van der Waals surface area contributed by atoms with Crippen LogP contribution >= 0.6 is 0 Å². The summed E-state index contributed by atoms with van der Waals surface area (Å²) in [5.74, 6) is -0.0989. The largest absolute Gasteiger partial charge is 0.433 e. The van der Waals surface area contributed by atoms with E-state index in [-0.39, 0.29) is 5.82 Å². The van der Waals surface area contributed by atoms with E-state index in [0.717, 1.165) is 24.6 Å². The summed E-state index contributed by atoms with van der Waals surface area (Å²) in [4.78, 5) is 20.0. The molecule has 2 aromatic heterocycles. The second kappa shape index (κ2) is 7.59. The van der Waals surface area contributed by atoms with Crippen molar-refractivity contribution in [3.05, 3.63) is 69.4 Å². The van der Waals surface area contributed by atoms with Crippen molar-refractivity contribution >= 4 is 0 Å². The Morgan fingerprint density at radius 2 is 1.79 bits per heavy atom. The fourth-order valence-corrected chi connectivity index (χ4v) is 2.95. The zero-order valence-electron chi connectivity index (χ0n) is 15.7. The number of nitrogens with zero attached hydrogens (tertiary/aromatic N) is 4. The third-order valence-corrected chi connectivity index (χ3v) is 4.31. The molecule has 2 heterocycles. The first-order chi connectivity index (χ1) is 13.1. The number of benzene rings is 1. The molecular weight excluding hydrogens is 371 g/mol. The molecule has 1 aromatic carbocycles. The first kappa shape index (κ1) is 19.8. The molecule has 0 aliphatic heterocycles. The molecule has 0 saturated carbocycles. The van der Waals surface area contributed by atoms with Crippen molar-refractivity contribution in [2.24, 2.45) is 7.05 Å². The first-order valence-corrected chi connectivity index (χ1v) is 8.57. The first-order valence-electron chi connectivity index (χ1n) is 8.57. The zero-order valence-corrected chi connectivity index (χ0v) is 15.7. The number of aromatic amines is 1. The summed E-state index contributed by atoms with van der Waals surface area (Å²) in [6.45, 7) is 2.48. The van der Waals surface area contributed by atoms with Gasteiger partial charge in [0.05, 0.1) is 6.20 Å². The SMILES string of the molecule is Cc1c(C(F)(F)F)nc(-c2ccc(CN(C)Cc3cnn(C)c3)cc2)[nH]c1=O. The Balaban J connectivity index is 1.77. The molecule has 0 amide bonds. The minimum atomic E-state index is -4.68. The van der Waals surface area contributed by atoms with Gasteiger partial charge in [-0.15, -0.1) is 0 Å². The topological polar surface area (TPSA) is 66.8 Å². The lowest BCUT2D eigenvalue weighted by atomic mass is 10.1. The maximum absolute atomic E-state index is 13.1. The molecule has 6 nitrogen and oxygen atoms in total. The highest BCUT2D eigenvalue weighted by molar-refractivity contribution is 5.55. The molecule has 0 fully saturated rings. The van der Waals surface area contributed by atoms with Crippen LogP contribution < -0.4 is 5.56 Å². The van der Waals surface area contributed by atoms with Crippen LogP contribution in [0.3, 0.4) is 0 Å². The van der Waals surface area contributed by atoms with Gasteiger partial charge < -0.3 is 4.98 Å². The maximum atomic E-state index is 13.1. The normalized spacial score (nSPS) is 12.0. The van der Waals surface area contributed by atoms with Gasteiger partial charge in [0.25, 0.3) is 5.56 Å². The second-order valence-electron chi connectivity index (χ2n) is 6.78. The second-order valence-corrected chi connectivity index (χ2v) is 6.78. The van der Waals surface area contributed by atoms with E-state index in [1.165, 1.54) is 0 Å². The molecular formula is C19H20F3N5O. The molecule has 0 atom stereocenters. The molecule has 0 bridgehead atoms. The van der Waals surface area contributed by atoms with E-state index in [0.29, 0.717) is 12.1 Å². The van der Waals surface area contributed by atoms with Gasteiger partial charge in [0.15, 0.2) is 5.69 Å². The van der Waals surface area contributed by atoms with E-state index in [9.17, 15) is 18.0 Å². The van der Waals surface area contributed by atoms with Crippen LogP contribution in [0.15, 0.2) is 41.5 Å². The average Bonchev–Trinajstić information content (AvgIpc) is 3.01. The number of hydrogen-bond donors (Lipinski definition) is 1. The molecule has 0 saturated heterocycles. The molecule has 148 valence electrons. The van der Waals surface area contributed by atoms with Crippen molar-refractivity contribution in [2.75, 3.05) is 7.05 Å². The van der Waals surface area contributed by atoms with Gasteiger partial charge >= 0.3 is 6.18 Å². The number of hydrogen-bond acceptors (Lipinski definition) is 4. The molecule has 0 radical (unpaired) electrons. The molecule has 1 N–H and O–H groups in total. The van der Waals surface area contributed by atoms with Gasteiger partial charge in [0, 0.05) is 43.0 Å². The molecule has 0 aliphatic carbocycles. The van der Waals surface area contributed by atoms with Crippen molar-refractivity contribution in [3.8, 4) is 11.4 Å². The molecule has 3 rings (SSSR count). The van der Waals surface area contributed by atoms with Crippen LogP contribution in [-0.4, -0.2) is 31.7 Å². The average molecular weight is 391 g/mol. The highest BCUT2D eigenvalue weighted by atomic mass is 19.4. The molecule has 9 heteroatoms. The summed E-state index contributed by atoms with van der Waals surface area (Å²) in [5.41, 5.74) is 0.0960. The lowest BCUT2D eigenvalue weighted by Gasteiger charge is -2.16. The number of aromatic nitrogens is 4. The minimum Gasteiger partial charge on any atom is -0.306 e. The summed E-state index contributed by atoms with van der Waals surface area (Å²) in [5, 5.41) is 4.13. The van der Waals surface area contributed by atoms with Crippen molar-refractivity contribution in [2.45, 2.75) is 26.2 Å². The Morgan fingerprint density at radius 1 is 1.14 bits per heavy atom. The van der Waals surface area contributed by atoms with Crippen molar-refractivity contribution in [3.63, 3.8) is 0 Å². The highest BCUT2D eigenvalue weighted by Crippen LogP contribution is 2.30. The molecule has 0 aliphatic rings. The summed E-state index contributed by atoms with van der Waals surface area (Å²) in [7, 11) is 3.82. The molecule has 0 spiro atoms. The van der Waals surface area contributed by atoms with Gasteiger partial charge in [0.1, 0.15) is 5.82 Å². The number of nitrogens with one attached hydrogen (secondary N) is 1. The zero-order chi connectivity index (χ0) is 20.5. The van der Waals surface area contributed by atoms with Gasteiger partial charge in [-0.1, -0.05) is 24.3 Å². The van der Waals surface area contributed by atoms with E-state index in [1.54, 1.807) is 23.0 Å². The van der Waals surface area contributed by atoms with E-state index < -0.39 is 23.0 Å². The quantitative estimate of drug-likeness (QED) is 0.726. The third-order valence-electron chi connectivity index (χ3n) is 4.31. The smallest absolute Gasteiger partial charge is 0.306 e. The van der Waals surface area contributed by atoms with Gasteiger partial charge in [-0.05, 0) is 19.5 Å². The summed E-state index contributed by atoms with van der Waals surface area (Å²) in [6.07, 6.45) is -0.934. The summed E-state index contributed by atoms with van der Waals surface area (Å²) >= 11 is 0. The fourth-order valence-electron chi connectivity index (χ4n) is 2.95.